The van der Waals surface area contributed by atoms with Gasteiger partial charge in [-0.05, 0) is 35.4 Å². The largest absolute Gasteiger partial charge is 0.468 e. The van der Waals surface area contributed by atoms with Gasteiger partial charge in [-0.1, -0.05) is 24.3 Å². The van der Waals surface area contributed by atoms with Gasteiger partial charge in [-0.25, -0.2) is 0 Å². The number of aromatic nitrogens is 1. The van der Waals surface area contributed by atoms with Crippen LogP contribution in [0.3, 0.4) is 0 Å². The highest BCUT2D eigenvalue weighted by Crippen LogP contribution is 2.32. The average molecular weight is 346 g/mol. The van der Waals surface area contributed by atoms with E-state index in [0.29, 0.717) is 18.8 Å². The molecule has 0 spiro atoms. The molecule has 0 unspecified atom stereocenters. The molecule has 2 aromatic heterocycles. The average Bonchev–Trinajstić information content (AvgIpc) is 3.08. The van der Waals surface area contributed by atoms with Crippen LogP contribution in [0.1, 0.15) is 22.5 Å². The zero-order chi connectivity index (χ0) is 17.7. The SMILES string of the molecule is FC(F)(F)c1ccccc1CN(Cc1cccnc1)Cc1ccco1. The molecular formula is C19H17F3N2O. The second-order valence-corrected chi connectivity index (χ2v) is 5.74. The van der Waals surface area contributed by atoms with Gasteiger partial charge in [0.05, 0.1) is 18.4 Å². The van der Waals surface area contributed by atoms with Gasteiger partial charge in [-0.2, -0.15) is 13.2 Å². The lowest BCUT2D eigenvalue weighted by Gasteiger charge is -2.23. The maximum absolute atomic E-state index is 13.3. The minimum Gasteiger partial charge on any atom is -0.468 e. The van der Waals surface area contributed by atoms with Crippen molar-refractivity contribution in [3.8, 4) is 0 Å². The van der Waals surface area contributed by atoms with Crippen molar-refractivity contribution >= 4 is 0 Å². The van der Waals surface area contributed by atoms with Crippen molar-refractivity contribution in [3.05, 3.63) is 89.6 Å². The van der Waals surface area contributed by atoms with Gasteiger partial charge in [0.2, 0.25) is 0 Å². The molecule has 0 saturated heterocycles. The summed E-state index contributed by atoms with van der Waals surface area (Å²) in [5, 5.41) is 0. The molecule has 0 saturated carbocycles. The molecule has 0 bridgehead atoms. The lowest BCUT2D eigenvalue weighted by molar-refractivity contribution is -0.138. The second-order valence-electron chi connectivity index (χ2n) is 5.74. The number of halogens is 3. The van der Waals surface area contributed by atoms with Crippen LogP contribution >= 0.6 is 0 Å². The molecule has 130 valence electrons. The van der Waals surface area contributed by atoms with Gasteiger partial charge >= 0.3 is 6.18 Å². The molecule has 0 aliphatic carbocycles. The molecule has 0 N–H and O–H groups in total. The Morgan fingerprint density at radius 1 is 0.920 bits per heavy atom. The van der Waals surface area contributed by atoms with E-state index in [1.54, 1.807) is 30.8 Å². The molecule has 1 aromatic carbocycles. The highest BCUT2D eigenvalue weighted by molar-refractivity contribution is 5.29. The minimum atomic E-state index is -4.37. The summed E-state index contributed by atoms with van der Waals surface area (Å²) >= 11 is 0. The van der Waals surface area contributed by atoms with E-state index in [1.807, 2.05) is 23.1 Å². The molecule has 0 amide bonds. The smallest absolute Gasteiger partial charge is 0.416 e. The number of pyridine rings is 1. The first-order valence-corrected chi connectivity index (χ1v) is 7.81. The van der Waals surface area contributed by atoms with Crippen LogP contribution in [0, 0.1) is 0 Å². The van der Waals surface area contributed by atoms with Crippen molar-refractivity contribution < 1.29 is 17.6 Å². The van der Waals surface area contributed by atoms with Gasteiger partial charge in [-0.15, -0.1) is 0 Å². The lowest BCUT2D eigenvalue weighted by Crippen LogP contribution is -2.24. The third-order valence-electron chi connectivity index (χ3n) is 3.81. The molecule has 0 radical (unpaired) electrons. The molecule has 3 nitrogen and oxygen atoms in total. The van der Waals surface area contributed by atoms with E-state index in [2.05, 4.69) is 4.98 Å². The summed E-state index contributed by atoms with van der Waals surface area (Å²) in [5.74, 6) is 0.702. The van der Waals surface area contributed by atoms with Crippen LogP contribution in [0.25, 0.3) is 0 Å². The highest BCUT2D eigenvalue weighted by atomic mass is 19.4. The Morgan fingerprint density at radius 2 is 1.76 bits per heavy atom. The van der Waals surface area contributed by atoms with Crippen molar-refractivity contribution in [2.75, 3.05) is 0 Å². The fourth-order valence-electron chi connectivity index (χ4n) is 2.72. The van der Waals surface area contributed by atoms with Crippen LogP contribution in [0.15, 0.2) is 71.6 Å². The van der Waals surface area contributed by atoms with Crippen molar-refractivity contribution in [1.29, 1.82) is 0 Å². The Balaban J connectivity index is 1.85. The third-order valence-corrected chi connectivity index (χ3v) is 3.81. The van der Waals surface area contributed by atoms with Crippen LogP contribution in [-0.4, -0.2) is 9.88 Å². The molecule has 6 heteroatoms. The van der Waals surface area contributed by atoms with E-state index in [0.717, 1.165) is 11.6 Å². The summed E-state index contributed by atoms with van der Waals surface area (Å²) in [4.78, 5) is 5.97. The van der Waals surface area contributed by atoms with Crippen molar-refractivity contribution in [2.45, 2.75) is 25.8 Å². The van der Waals surface area contributed by atoms with Gasteiger partial charge in [0.25, 0.3) is 0 Å². The van der Waals surface area contributed by atoms with Gasteiger partial charge < -0.3 is 4.42 Å². The number of nitrogens with zero attached hydrogens (tertiary/aromatic N) is 2. The Hall–Kier alpha value is -2.60. The molecule has 3 aromatic rings. The van der Waals surface area contributed by atoms with Crippen molar-refractivity contribution in [3.63, 3.8) is 0 Å². The fourth-order valence-corrected chi connectivity index (χ4v) is 2.72. The minimum absolute atomic E-state index is 0.158. The Morgan fingerprint density at radius 3 is 2.44 bits per heavy atom. The molecule has 0 aliphatic heterocycles. The second kappa shape index (κ2) is 7.53. The number of benzene rings is 1. The van der Waals surface area contributed by atoms with Gasteiger partial charge in [0.1, 0.15) is 5.76 Å². The summed E-state index contributed by atoms with van der Waals surface area (Å²) in [5.41, 5.74) is 0.564. The molecule has 25 heavy (non-hydrogen) atoms. The van der Waals surface area contributed by atoms with E-state index < -0.39 is 11.7 Å². The quantitative estimate of drug-likeness (QED) is 0.636. The normalized spacial score (nSPS) is 11.8. The molecule has 3 rings (SSSR count). The van der Waals surface area contributed by atoms with Crippen LogP contribution in [0.2, 0.25) is 0 Å². The molecule has 2 heterocycles. The zero-order valence-corrected chi connectivity index (χ0v) is 13.4. The molecule has 0 atom stereocenters. The maximum Gasteiger partial charge on any atom is 0.416 e. The van der Waals surface area contributed by atoms with Crippen LogP contribution in [0.4, 0.5) is 13.2 Å². The first-order chi connectivity index (χ1) is 12.0. The molecule has 0 fully saturated rings. The number of hydrogen-bond donors (Lipinski definition) is 0. The predicted molar refractivity (Wildman–Crippen MR) is 87.3 cm³/mol. The van der Waals surface area contributed by atoms with E-state index in [4.69, 9.17) is 4.42 Å². The van der Waals surface area contributed by atoms with Crippen molar-refractivity contribution in [2.24, 2.45) is 0 Å². The van der Waals surface area contributed by atoms with E-state index in [-0.39, 0.29) is 12.1 Å². The first kappa shape index (κ1) is 17.2. The number of alkyl halides is 3. The Kier molecular flexibility index (Phi) is 5.19. The van der Waals surface area contributed by atoms with Gasteiger partial charge in [0, 0.05) is 25.5 Å². The maximum atomic E-state index is 13.3. The summed E-state index contributed by atoms with van der Waals surface area (Å²) in [7, 11) is 0. The summed E-state index contributed by atoms with van der Waals surface area (Å²) in [6, 6.07) is 12.9. The number of furan rings is 1. The first-order valence-electron chi connectivity index (χ1n) is 7.81. The van der Waals surface area contributed by atoms with Crippen molar-refractivity contribution in [1.82, 2.24) is 9.88 Å². The van der Waals surface area contributed by atoms with Crippen LogP contribution in [0.5, 0.6) is 0 Å². The topological polar surface area (TPSA) is 29.3 Å². The number of hydrogen-bond acceptors (Lipinski definition) is 3. The summed E-state index contributed by atoms with van der Waals surface area (Å²) in [6.45, 7) is 1.04. The van der Waals surface area contributed by atoms with Gasteiger partial charge in [-0.3, -0.25) is 9.88 Å². The standard InChI is InChI=1S/C19H17F3N2O/c20-19(21,22)18-8-2-1-6-16(18)13-24(14-17-7-4-10-25-17)12-15-5-3-9-23-11-15/h1-11H,12-14H2. The monoisotopic (exact) mass is 346 g/mol. The summed E-state index contributed by atoms with van der Waals surface area (Å²) in [6.07, 6.45) is 0.562. The van der Waals surface area contributed by atoms with Gasteiger partial charge in [0.15, 0.2) is 0 Å². The predicted octanol–water partition coefficient (Wildman–Crippen LogP) is 4.90. The van der Waals surface area contributed by atoms with E-state index in [1.165, 1.54) is 12.1 Å². The highest BCUT2D eigenvalue weighted by Gasteiger charge is 2.33. The van der Waals surface area contributed by atoms with Crippen LogP contribution < -0.4 is 0 Å². The van der Waals surface area contributed by atoms with E-state index >= 15 is 0 Å². The van der Waals surface area contributed by atoms with E-state index in [9.17, 15) is 13.2 Å². The Labute approximate surface area is 143 Å². The third kappa shape index (κ3) is 4.70. The number of rotatable bonds is 6. The fraction of sp³-hybridized carbons (Fsp3) is 0.211. The zero-order valence-electron chi connectivity index (χ0n) is 13.4. The lowest BCUT2D eigenvalue weighted by atomic mass is 10.1. The summed E-state index contributed by atoms with van der Waals surface area (Å²) < 4.78 is 45.1. The Bertz CT molecular complexity index is 786. The van der Waals surface area contributed by atoms with Crippen LogP contribution in [-0.2, 0) is 25.8 Å². The molecular weight excluding hydrogens is 329 g/mol. The molecule has 0 aliphatic rings.